The zero-order valence-electron chi connectivity index (χ0n) is 11.8. The van der Waals surface area contributed by atoms with Crippen LogP contribution in [0, 0.1) is 0 Å². The van der Waals surface area contributed by atoms with Crippen molar-refractivity contribution in [1.82, 2.24) is 4.90 Å². The van der Waals surface area contributed by atoms with Gasteiger partial charge in [-0.05, 0) is 38.9 Å². The molecule has 1 N–H and O–H groups in total. The van der Waals surface area contributed by atoms with E-state index in [1.807, 2.05) is 19.2 Å². The zero-order valence-corrected chi connectivity index (χ0v) is 11.8. The van der Waals surface area contributed by atoms with Crippen LogP contribution in [0.1, 0.15) is 57.3 Å². The minimum Gasteiger partial charge on any atom is -0.481 e. The summed E-state index contributed by atoms with van der Waals surface area (Å²) < 4.78 is 5.47. The zero-order chi connectivity index (χ0) is 13.9. The van der Waals surface area contributed by atoms with E-state index in [0.717, 1.165) is 31.4 Å². The highest BCUT2D eigenvalue weighted by molar-refractivity contribution is 5.68. The van der Waals surface area contributed by atoms with Crippen LogP contribution in [0.25, 0.3) is 0 Å². The van der Waals surface area contributed by atoms with Crippen LogP contribution in [0.2, 0.25) is 0 Å². The van der Waals surface area contributed by atoms with Crippen LogP contribution in [0.5, 0.6) is 0 Å². The van der Waals surface area contributed by atoms with Gasteiger partial charge in [-0.2, -0.15) is 0 Å². The van der Waals surface area contributed by atoms with Crippen LogP contribution in [0.3, 0.4) is 0 Å². The van der Waals surface area contributed by atoms with Gasteiger partial charge < -0.3 is 9.52 Å². The minimum atomic E-state index is -0.708. The fourth-order valence-electron chi connectivity index (χ4n) is 3.28. The van der Waals surface area contributed by atoms with Gasteiger partial charge in [-0.1, -0.05) is 19.3 Å². The normalized spacial score (nSPS) is 20.4. The van der Waals surface area contributed by atoms with E-state index in [1.54, 1.807) is 6.26 Å². The molecule has 1 fully saturated rings. The number of carbonyl (C=O) groups is 1. The second-order valence-electron chi connectivity index (χ2n) is 5.66. The van der Waals surface area contributed by atoms with Crippen molar-refractivity contribution in [3.8, 4) is 0 Å². The van der Waals surface area contributed by atoms with Gasteiger partial charge >= 0.3 is 5.97 Å². The van der Waals surface area contributed by atoms with Gasteiger partial charge in [0.05, 0.1) is 18.7 Å². The molecule has 19 heavy (non-hydrogen) atoms. The minimum absolute atomic E-state index is 0.104. The van der Waals surface area contributed by atoms with E-state index in [-0.39, 0.29) is 18.0 Å². The Morgan fingerprint density at radius 1 is 1.47 bits per heavy atom. The maximum Gasteiger partial charge on any atom is 0.305 e. The standard InChI is InChI=1S/C15H23NO3/c1-12(13-7-6-10-19-13)16(2)15(11-14(17)18)8-4-3-5-9-15/h6-7,10,12H,3-5,8-9,11H2,1-2H3,(H,17,18). The Labute approximate surface area is 114 Å². The number of furan rings is 1. The molecule has 0 bridgehead atoms. The predicted molar refractivity (Wildman–Crippen MR) is 73.0 cm³/mol. The van der Waals surface area contributed by atoms with Gasteiger partial charge in [-0.25, -0.2) is 0 Å². The summed E-state index contributed by atoms with van der Waals surface area (Å²) in [4.78, 5) is 13.4. The van der Waals surface area contributed by atoms with Crippen LogP contribution < -0.4 is 0 Å². The van der Waals surface area contributed by atoms with Crippen LogP contribution in [-0.2, 0) is 4.79 Å². The maximum absolute atomic E-state index is 11.2. The summed E-state index contributed by atoms with van der Waals surface area (Å²) in [5, 5.41) is 9.24. The lowest BCUT2D eigenvalue weighted by atomic mass is 9.77. The van der Waals surface area contributed by atoms with Crippen molar-refractivity contribution in [2.45, 2.75) is 57.0 Å². The summed E-state index contributed by atoms with van der Waals surface area (Å²) >= 11 is 0. The highest BCUT2D eigenvalue weighted by atomic mass is 16.4. The maximum atomic E-state index is 11.2. The molecule has 106 valence electrons. The third-order valence-corrected chi connectivity index (χ3v) is 4.55. The molecule has 4 nitrogen and oxygen atoms in total. The van der Waals surface area contributed by atoms with E-state index >= 15 is 0 Å². The fourth-order valence-corrected chi connectivity index (χ4v) is 3.28. The molecule has 0 amide bonds. The Morgan fingerprint density at radius 2 is 2.16 bits per heavy atom. The van der Waals surface area contributed by atoms with Gasteiger partial charge in [0.2, 0.25) is 0 Å². The van der Waals surface area contributed by atoms with E-state index in [0.29, 0.717) is 0 Å². The molecule has 0 saturated heterocycles. The molecule has 1 aliphatic carbocycles. The van der Waals surface area contributed by atoms with Gasteiger partial charge in [0.1, 0.15) is 5.76 Å². The number of nitrogens with zero attached hydrogens (tertiary/aromatic N) is 1. The number of carboxylic acid groups (broad SMARTS) is 1. The first kappa shape index (κ1) is 14.1. The predicted octanol–water partition coefficient (Wildman–Crippen LogP) is 3.45. The smallest absolute Gasteiger partial charge is 0.305 e. The molecular weight excluding hydrogens is 242 g/mol. The number of carboxylic acids is 1. The fraction of sp³-hybridized carbons (Fsp3) is 0.667. The van der Waals surface area contributed by atoms with Gasteiger partial charge in [0.15, 0.2) is 0 Å². The Kier molecular flexibility index (Phi) is 4.30. The molecule has 0 radical (unpaired) electrons. The molecule has 0 aliphatic heterocycles. The molecule has 1 atom stereocenters. The average molecular weight is 265 g/mol. The van der Waals surface area contributed by atoms with Gasteiger partial charge in [0.25, 0.3) is 0 Å². The topological polar surface area (TPSA) is 53.7 Å². The van der Waals surface area contributed by atoms with Crippen molar-refractivity contribution in [3.63, 3.8) is 0 Å². The molecule has 1 aliphatic rings. The molecule has 0 aromatic carbocycles. The van der Waals surface area contributed by atoms with Gasteiger partial charge in [0, 0.05) is 5.54 Å². The van der Waals surface area contributed by atoms with E-state index in [4.69, 9.17) is 4.42 Å². The molecule has 1 heterocycles. The lowest BCUT2D eigenvalue weighted by Crippen LogP contribution is -2.50. The molecule has 0 spiro atoms. The Bertz CT molecular complexity index is 407. The van der Waals surface area contributed by atoms with E-state index in [2.05, 4.69) is 11.8 Å². The lowest BCUT2D eigenvalue weighted by Gasteiger charge is -2.46. The summed E-state index contributed by atoms with van der Waals surface area (Å²) in [5.74, 6) is 0.193. The highest BCUT2D eigenvalue weighted by Gasteiger charge is 2.40. The second kappa shape index (κ2) is 5.78. The molecule has 2 rings (SSSR count). The van der Waals surface area contributed by atoms with Crippen molar-refractivity contribution in [2.24, 2.45) is 0 Å². The van der Waals surface area contributed by atoms with Gasteiger partial charge in [-0.3, -0.25) is 9.69 Å². The average Bonchev–Trinajstić information content (AvgIpc) is 2.91. The number of rotatable bonds is 5. The summed E-state index contributed by atoms with van der Waals surface area (Å²) in [5.41, 5.74) is -0.226. The molecular formula is C15H23NO3. The highest BCUT2D eigenvalue weighted by Crippen LogP contribution is 2.40. The van der Waals surface area contributed by atoms with Crippen LogP contribution >= 0.6 is 0 Å². The molecule has 1 aromatic heterocycles. The summed E-state index contributed by atoms with van der Waals surface area (Å²) in [6.07, 6.45) is 7.25. The molecule has 1 saturated carbocycles. The van der Waals surface area contributed by atoms with E-state index in [1.165, 1.54) is 6.42 Å². The first-order valence-electron chi connectivity index (χ1n) is 7.03. The number of hydrogen-bond donors (Lipinski definition) is 1. The van der Waals surface area contributed by atoms with Crippen LogP contribution in [0.4, 0.5) is 0 Å². The Hall–Kier alpha value is -1.29. The van der Waals surface area contributed by atoms with Crippen molar-refractivity contribution in [3.05, 3.63) is 24.2 Å². The van der Waals surface area contributed by atoms with Crippen molar-refractivity contribution >= 4 is 5.97 Å². The van der Waals surface area contributed by atoms with E-state index in [9.17, 15) is 9.90 Å². The summed E-state index contributed by atoms with van der Waals surface area (Å²) in [6, 6.07) is 3.94. The number of aliphatic carboxylic acids is 1. The van der Waals surface area contributed by atoms with E-state index < -0.39 is 5.97 Å². The quantitative estimate of drug-likeness (QED) is 0.886. The van der Waals surface area contributed by atoms with Crippen LogP contribution in [0.15, 0.2) is 22.8 Å². The summed E-state index contributed by atoms with van der Waals surface area (Å²) in [7, 11) is 2.03. The third kappa shape index (κ3) is 3.00. The van der Waals surface area contributed by atoms with Gasteiger partial charge in [-0.15, -0.1) is 0 Å². The van der Waals surface area contributed by atoms with Crippen LogP contribution in [-0.4, -0.2) is 28.6 Å². The van der Waals surface area contributed by atoms with Crippen molar-refractivity contribution in [2.75, 3.05) is 7.05 Å². The monoisotopic (exact) mass is 265 g/mol. The SMILES string of the molecule is CC(c1ccco1)N(C)C1(CC(=O)O)CCCCC1. The van der Waals surface area contributed by atoms with Crippen molar-refractivity contribution < 1.29 is 14.3 Å². The first-order valence-corrected chi connectivity index (χ1v) is 7.03. The second-order valence-corrected chi connectivity index (χ2v) is 5.66. The Balaban J connectivity index is 2.19. The first-order chi connectivity index (χ1) is 9.05. The van der Waals surface area contributed by atoms with Crippen molar-refractivity contribution in [1.29, 1.82) is 0 Å². The third-order valence-electron chi connectivity index (χ3n) is 4.55. The molecule has 1 aromatic rings. The number of hydrogen-bond acceptors (Lipinski definition) is 3. The molecule has 1 unspecified atom stereocenters. The Morgan fingerprint density at radius 3 is 2.68 bits per heavy atom. The lowest BCUT2D eigenvalue weighted by molar-refractivity contribution is -0.141. The summed E-state index contributed by atoms with van der Waals surface area (Å²) in [6.45, 7) is 2.08. The largest absolute Gasteiger partial charge is 0.481 e. The molecule has 4 heteroatoms.